The van der Waals surface area contributed by atoms with Crippen LogP contribution in [0.3, 0.4) is 0 Å². The van der Waals surface area contributed by atoms with E-state index in [2.05, 4.69) is 0 Å². The average Bonchev–Trinajstić information content (AvgIpc) is 3.13. The molecule has 3 aromatic rings. The second-order valence-electron chi connectivity index (χ2n) is 7.86. The van der Waals surface area contributed by atoms with Gasteiger partial charge in [0.15, 0.2) is 0 Å². The van der Waals surface area contributed by atoms with Gasteiger partial charge in [-0.15, -0.1) is 0 Å². The molecule has 1 atom stereocenters. The largest absolute Gasteiger partial charge is 0.425 e. The minimum atomic E-state index is -0.545. The zero-order chi connectivity index (χ0) is 22.6. The molecule has 160 valence electrons. The van der Waals surface area contributed by atoms with Crippen LogP contribution in [-0.4, -0.2) is 20.8 Å². The van der Waals surface area contributed by atoms with E-state index in [9.17, 15) is 14.4 Å². The van der Waals surface area contributed by atoms with Crippen LogP contribution in [0.5, 0.6) is 0 Å². The van der Waals surface area contributed by atoms with Gasteiger partial charge in [0.05, 0.1) is 11.3 Å². The normalized spacial score (nSPS) is 16.2. The molecule has 0 saturated heterocycles. The fourth-order valence-corrected chi connectivity index (χ4v) is 4.45. The van der Waals surface area contributed by atoms with Gasteiger partial charge in [0.2, 0.25) is 0 Å². The zero-order valence-electron chi connectivity index (χ0n) is 18.0. The number of aromatic nitrogens is 2. The molecule has 0 spiro atoms. The fourth-order valence-electron chi connectivity index (χ4n) is 4.45. The van der Waals surface area contributed by atoms with Crippen LogP contribution < -0.4 is 11.2 Å². The van der Waals surface area contributed by atoms with Crippen molar-refractivity contribution < 1.29 is 9.53 Å². The Hall–Kier alpha value is -4.00. The van der Waals surface area contributed by atoms with Gasteiger partial charge in [-0.2, -0.15) is 0 Å². The van der Waals surface area contributed by atoms with Crippen LogP contribution in [0.1, 0.15) is 41.5 Å². The van der Waals surface area contributed by atoms with E-state index >= 15 is 0 Å². The summed E-state index contributed by atoms with van der Waals surface area (Å²) in [6.07, 6.45) is 0.217. The Labute approximate surface area is 183 Å². The van der Waals surface area contributed by atoms with Crippen molar-refractivity contribution in [2.75, 3.05) is 0 Å². The molecule has 5 rings (SSSR count). The molecule has 1 aliphatic heterocycles. The predicted octanol–water partition coefficient (Wildman–Crippen LogP) is 3.03. The number of aliphatic imine (C=N–C) groups is 1. The number of rotatable bonds is 3. The van der Waals surface area contributed by atoms with Crippen molar-refractivity contribution in [1.82, 2.24) is 9.13 Å². The van der Waals surface area contributed by atoms with Gasteiger partial charge in [-0.25, -0.2) is 9.79 Å². The third-order valence-electron chi connectivity index (χ3n) is 6.03. The van der Waals surface area contributed by atoms with Crippen molar-refractivity contribution >= 4 is 23.3 Å². The van der Waals surface area contributed by atoms with Gasteiger partial charge in [-0.1, -0.05) is 61.5 Å². The highest BCUT2D eigenvalue weighted by Gasteiger charge is 2.42. The SMILES string of the molecule is CCC(=O)OC1=C2C(=Nc3c(c(=O)n(C)c(=O)n3C)[C@@H]2c2ccccc2)c2ccccc21. The maximum Gasteiger partial charge on any atom is 0.332 e. The lowest BCUT2D eigenvalue weighted by Gasteiger charge is -2.27. The molecule has 0 N–H and O–H groups in total. The van der Waals surface area contributed by atoms with Crippen LogP contribution in [0.2, 0.25) is 0 Å². The van der Waals surface area contributed by atoms with E-state index in [4.69, 9.17) is 9.73 Å². The van der Waals surface area contributed by atoms with Gasteiger partial charge in [0, 0.05) is 43.1 Å². The number of esters is 1. The van der Waals surface area contributed by atoms with Crippen molar-refractivity contribution in [3.8, 4) is 0 Å². The molecule has 1 aliphatic carbocycles. The standard InChI is InChI=1S/C25H21N3O4/c1-4-17(29)32-22-16-13-9-8-12-15(16)21-19(22)18(14-10-6-5-7-11-14)20-23(26-21)27(2)25(31)28(3)24(20)30/h5-13,18H,4H2,1-3H3/t18-/m1/s1. The lowest BCUT2D eigenvalue weighted by Crippen LogP contribution is -2.41. The summed E-state index contributed by atoms with van der Waals surface area (Å²) in [7, 11) is 3.07. The molecule has 0 bridgehead atoms. The third-order valence-corrected chi connectivity index (χ3v) is 6.03. The highest BCUT2D eigenvalue weighted by atomic mass is 16.5. The van der Waals surface area contributed by atoms with Gasteiger partial charge in [-0.3, -0.25) is 18.7 Å². The summed E-state index contributed by atoms with van der Waals surface area (Å²) in [5.74, 6) is -0.170. The molecule has 0 saturated carbocycles. The third kappa shape index (κ3) is 2.74. The van der Waals surface area contributed by atoms with Gasteiger partial charge < -0.3 is 4.74 Å². The van der Waals surface area contributed by atoms with E-state index in [-0.39, 0.29) is 12.4 Å². The highest BCUT2D eigenvalue weighted by Crippen LogP contribution is 2.48. The molecule has 7 heteroatoms. The van der Waals surface area contributed by atoms with Gasteiger partial charge >= 0.3 is 11.7 Å². The van der Waals surface area contributed by atoms with Crippen LogP contribution in [0.15, 0.2) is 74.8 Å². The highest BCUT2D eigenvalue weighted by molar-refractivity contribution is 6.25. The van der Waals surface area contributed by atoms with Crippen molar-refractivity contribution in [3.63, 3.8) is 0 Å². The molecular formula is C25H21N3O4. The van der Waals surface area contributed by atoms with Crippen molar-refractivity contribution in [3.05, 3.63) is 103 Å². The predicted molar refractivity (Wildman–Crippen MR) is 121 cm³/mol. The summed E-state index contributed by atoms with van der Waals surface area (Å²) in [4.78, 5) is 43.2. The molecule has 0 fully saturated rings. The number of carbonyl (C=O) groups excluding carboxylic acids is 1. The number of ether oxygens (including phenoxy) is 1. The minimum Gasteiger partial charge on any atom is -0.425 e. The van der Waals surface area contributed by atoms with E-state index in [1.54, 1.807) is 14.0 Å². The molecule has 2 aliphatic rings. The molecule has 0 amide bonds. The van der Waals surface area contributed by atoms with Gasteiger partial charge in [0.1, 0.15) is 11.6 Å². The Bertz CT molecular complexity index is 1460. The summed E-state index contributed by atoms with van der Waals surface area (Å²) in [5.41, 5.74) is 3.22. The van der Waals surface area contributed by atoms with E-state index in [1.165, 1.54) is 11.6 Å². The molecule has 0 radical (unpaired) electrons. The Morgan fingerprint density at radius 1 is 0.969 bits per heavy atom. The van der Waals surface area contributed by atoms with E-state index in [1.807, 2.05) is 54.6 Å². The zero-order valence-corrected chi connectivity index (χ0v) is 18.0. The number of hydrogen-bond acceptors (Lipinski definition) is 5. The number of hydrogen-bond donors (Lipinski definition) is 0. The molecule has 1 aromatic heterocycles. The summed E-state index contributed by atoms with van der Waals surface area (Å²) in [6, 6.07) is 17.1. The molecule has 32 heavy (non-hydrogen) atoms. The number of allylic oxidation sites excluding steroid dienone is 1. The van der Waals surface area contributed by atoms with Gasteiger partial charge in [-0.05, 0) is 5.56 Å². The van der Waals surface area contributed by atoms with E-state index in [0.29, 0.717) is 28.4 Å². The van der Waals surface area contributed by atoms with Crippen molar-refractivity contribution in [2.24, 2.45) is 19.1 Å². The Kier molecular flexibility index (Phi) is 4.55. The minimum absolute atomic E-state index is 0.217. The van der Waals surface area contributed by atoms with Crippen LogP contribution in [0, 0.1) is 0 Å². The lowest BCUT2D eigenvalue weighted by molar-refractivity contribution is -0.136. The first-order valence-electron chi connectivity index (χ1n) is 10.4. The summed E-state index contributed by atoms with van der Waals surface area (Å²) in [5, 5.41) is 0. The topological polar surface area (TPSA) is 82.7 Å². The molecule has 0 unspecified atom stereocenters. The fraction of sp³-hybridized carbons (Fsp3) is 0.200. The molecule has 7 nitrogen and oxygen atoms in total. The Morgan fingerprint density at radius 2 is 1.62 bits per heavy atom. The van der Waals surface area contributed by atoms with E-state index in [0.717, 1.165) is 21.3 Å². The maximum absolute atomic E-state index is 13.4. The summed E-state index contributed by atoms with van der Waals surface area (Å²) >= 11 is 0. The molecule has 2 aromatic carbocycles. The smallest absolute Gasteiger partial charge is 0.332 e. The lowest BCUT2D eigenvalue weighted by atomic mass is 9.81. The second-order valence-corrected chi connectivity index (χ2v) is 7.86. The first kappa shape index (κ1) is 19.9. The Balaban J connectivity index is 1.94. The molecular weight excluding hydrogens is 406 g/mol. The first-order valence-corrected chi connectivity index (χ1v) is 10.4. The van der Waals surface area contributed by atoms with E-state index < -0.39 is 17.2 Å². The molecule has 2 heterocycles. The van der Waals surface area contributed by atoms with Crippen LogP contribution in [0.25, 0.3) is 5.76 Å². The number of carbonyl (C=O) groups is 1. The maximum atomic E-state index is 13.4. The van der Waals surface area contributed by atoms with Crippen LogP contribution in [0.4, 0.5) is 5.82 Å². The summed E-state index contributed by atoms with van der Waals surface area (Å²) < 4.78 is 8.32. The van der Waals surface area contributed by atoms with Crippen molar-refractivity contribution in [1.29, 1.82) is 0 Å². The number of fused-ring (bicyclic) bond motifs is 4. The second kappa shape index (κ2) is 7.30. The number of nitrogens with zero attached hydrogens (tertiary/aromatic N) is 3. The van der Waals surface area contributed by atoms with Crippen molar-refractivity contribution in [2.45, 2.75) is 19.3 Å². The monoisotopic (exact) mass is 427 g/mol. The number of benzene rings is 2. The Morgan fingerprint density at radius 3 is 2.31 bits per heavy atom. The van der Waals surface area contributed by atoms with Crippen LogP contribution >= 0.6 is 0 Å². The first-order chi connectivity index (χ1) is 15.4. The quantitative estimate of drug-likeness (QED) is 0.602. The van der Waals surface area contributed by atoms with Crippen LogP contribution in [-0.2, 0) is 23.6 Å². The van der Waals surface area contributed by atoms with Gasteiger partial charge in [0.25, 0.3) is 5.56 Å². The summed E-state index contributed by atoms with van der Waals surface area (Å²) in [6.45, 7) is 1.74. The average molecular weight is 427 g/mol.